The molecule has 1 amide bonds. The molecule has 6 heteroatoms. The lowest BCUT2D eigenvalue weighted by atomic mass is 9.69. The summed E-state index contributed by atoms with van der Waals surface area (Å²) in [6, 6.07) is 8.45. The number of H-pyrrole nitrogens is 1. The molecule has 2 N–H and O–H groups in total. The molecular formula is C21H19N5O. The van der Waals surface area contributed by atoms with E-state index in [-0.39, 0.29) is 11.3 Å². The highest BCUT2D eigenvalue weighted by molar-refractivity contribution is 5.97. The van der Waals surface area contributed by atoms with Gasteiger partial charge in [-0.05, 0) is 48.2 Å². The normalized spacial score (nSPS) is 17.3. The van der Waals surface area contributed by atoms with Gasteiger partial charge in [0.1, 0.15) is 0 Å². The van der Waals surface area contributed by atoms with Crippen molar-refractivity contribution in [2.24, 2.45) is 0 Å². The van der Waals surface area contributed by atoms with E-state index < -0.39 is 0 Å². The van der Waals surface area contributed by atoms with Gasteiger partial charge in [0, 0.05) is 53.9 Å². The fraction of sp³-hybridized carbons (Fsp3) is 0.238. The number of fused-ring (bicyclic) bond motifs is 1. The summed E-state index contributed by atoms with van der Waals surface area (Å²) in [6.45, 7) is 0. The SMILES string of the molecule is O=C(NC1CC1)c1n[nH]c2c1C=CC(c1ccncc1)(c1ccncc1)C2. The van der Waals surface area contributed by atoms with Gasteiger partial charge in [-0.15, -0.1) is 0 Å². The van der Waals surface area contributed by atoms with Crippen LogP contribution in [0.2, 0.25) is 0 Å². The van der Waals surface area contributed by atoms with Crippen molar-refractivity contribution in [3.8, 4) is 0 Å². The highest BCUT2D eigenvalue weighted by Gasteiger charge is 2.37. The molecule has 2 aliphatic rings. The van der Waals surface area contributed by atoms with Crippen LogP contribution in [-0.2, 0) is 11.8 Å². The number of nitrogens with zero attached hydrogens (tertiary/aromatic N) is 3. The predicted molar refractivity (Wildman–Crippen MR) is 101 cm³/mol. The Labute approximate surface area is 156 Å². The van der Waals surface area contributed by atoms with Crippen LogP contribution in [0.1, 0.15) is 45.7 Å². The molecule has 0 atom stereocenters. The molecule has 0 saturated heterocycles. The molecule has 3 aromatic rings. The lowest BCUT2D eigenvalue weighted by Crippen LogP contribution is -2.31. The highest BCUT2D eigenvalue weighted by atomic mass is 16.2. The van der Waals surface area contributed by atoms with E-state index in [1.807, 2.05) is 55.1 Å². The van der Waals surface area contributed by atoms with E-state index >= 15 is 0 Å². The number of hydrogen-bond donors (Lipinski definition) is 2. The summed E-state index contributed by atoms with van der Waals surface area (Å²) < 4.78 is 0. The molecule has 3 heterocycles. The molecule has 0 aromatic carbocycles. The Morgan fingerprint density at radius 3 is 2.26 bits per heavy atom. The smallest absolute Gasteiger partial charge is 0.272 e. The van der Waals surface area contributed by atoms with E-state index in [0.717, 1.165) is 35.2 Å². The summed E-state index contributed by atoms with van der Waals surface area (Å²) >= 11 is 0. The first-order valence-electron chi connectivity index (χ1n) is 9.15. The third kappa shape index (κ3) is 2.73. The summed E-state index contributed by atoms with van der Waals surface area (Å²) in [5.74, 6) is -0.0972. The predicted octanol–water partition coefficient (Wildman–Crippen LogP) is 2.65. The summed E-state index contributed by atoms with van der Waals surface area (Å²) in [5.41, 5.74) is 4.26. The highest BCUT2D eigenvalue weighted by Crippen LogP contribution is 2.41. The minimum absolute atomic E-state index is 0.0972. The maximum absolute atomic E-state index is 12.5. The zero-order valence-electron chi connectivity index (χ0n) is 14.7. The van der Waals surface area contributed by atoms with Crippen LogP contribution in [-0.4, -0.2) is 32.1 Å². The molecule has 1 saturated carbocycles. The second-order valence-electron chi connectivity index (χ2n) is 7.17. The zero-order chi connectivity index (χ0) is 18.3. The van der Waals surface area contributed by atoms with Crippen LogP contribution in [0.25, 0.3) is 6.08 Å². The van der Waals surface area contributed by atoms with Crippen LogP contribution in [0.15, 0.2) is 55.1 Å². The number of carbonyl (C=O) groups is 1. The molecule has 134 valence electrons. The van der Waals surface area contributed by atoms with Crippen molar-refractivity contribution in [1.82, 2.24) is 25.5 Å². The Morgan fingerprint density at radius 2 is 1.67 bits per heavy atom. The number of aromatic nitrogens is 4. The average Bonchev–Trinajstić information content (AvgIpc) is 3.44. The third-order valence-corrected chi connectivity index (χ3v) is 5.39. The average molecular weight is 357 g/mol. The molecular weight excluding hydrogens is 338 g/mol. The summed E-state index contributed by atoms with van der Waals surface area (Å²) in [6.07, 6.45) is 14.2. The topological polar surface area (TPSA) is 83.6 Å². The number of aromatic amines is 1. The molecule has 6 nitrogen and oxygen atoms in total. The molecule has 0 bridgehead atoms. The van der Waals surface area contributed by atoms with Gasteiger partial charge in [0.2, 0.25) is 0 Å². The van der Waals surface area contributed by atoms with Crippen molar-refractivity contribution in [2.75, 3.05) is 0 Å². The van der Waals surface area contributed by atoms with Crippen molar-refractivity contribution < 1.29 is 4.79 Å². The van der Waals surface area contributed by atoms with Gasteiger partial charge in [0.05, 0.1) is 0 Å². The van der Waals surface area contributed by atoms with Gasteiger partial charge < -0.3 is 5.32 Å². The maximum Gasteiger partial charge on any atom is 0.272 e. The number of allylic oxidation sites excluding steroid dienone is 1. The second kappa shape index (κ2) is 6.16. The third-order valence-electron chi connectivity index (χ3n) is 5.39. The number of amides is 1. The lowest BCUT2D eigenvalue weighted by molar-refractivity contribution is 0.0946. The maximum atomic E-state index is 12.5. The largest absolute Gasteiger partial charge is 0.348 e. The van der Waals surface area contributed by atoms with Gasteiger partial charge in [-0.3, -0.25) is 19.9 Å². The van der Waals surface area contributed by atoms with Crippen LogP contribution in [0.4, 0.5) is 0 Å². The van der Waals surface area contributed by atoms with E-state index in [2.05, 4.69) is 31.6 Å². The molecule has 5 rings (SSSR count). The molecule has 2 aliphatic carbocycles. The Bertz CT molecular complexity index is 966. The van der Waals surface area contributed by atoms with Crippen molar-refractivity contribution in [2.45, 2.75) is 30.7 Å². The van der Waals surface area contributed by atoms with Gasteiger partial charge in [0.15, 0.2) is 5.69 Å². The van der Waals surface area contributed by atoms with Crippen LogP contribution < -0.4 is 5.32 Å². The van der Waals surface area contributed by atoms with E-state index in [9.17, 15) is 4.79 Å². The van der Waals surface area contributed by atoms with E-state index in [4.69, 9.17) is 0 Å². The molecule has 0 spiro atoms. The molecule has 3 aromatic heterocycles. The monoisotopic (exact) mass is 357 g/mol. The van der Waals surface area contributed by atoms with Crippen molar-refractivity contribution in [3.63, 3.8) is 0 Å². The number of carbonyl (C=O) groups excluding carboxylic acids is 1. The van der Waals surface area contributed by atoms with Crippen LogP contribution in [0.3, 0.4) is 0 Å². The molecule has 0 unspecified atom stereocenters. The minimum atomic E-state index is -0.352. The van der Waals surface area contributed by atoms with Crippen LogP contribution >= 0.6 is 0 Å². The van der Waals surface area contributed by atoms with Gasteiger partial charge in [-0.1, -0.05) is 12.2 Å². The van der Waals surface area contributed by atoms with Crippen LogP contribution in [0, 0.1) is 0 Å². The number of pyridine rings is 2. The first-order valence-corrected chi connectivity index (χ1v) is 9.15. The summed E-state index contributed by atoms with van der Waals surface area (Å²) in [5, 5.41) is 10.4. The van der Waals surface area contributed by atoms with Crippen molar-refractivity contribution in [3.05, 3.63) is 83.2 Å². The summed E-state index contributed by atoms with van der Waals surface area (Å²) in [7, 11) is 0. The quantitative estimate of drug-likeness (QED) is 0.752. The van der Waals surface area contributed by atoms with E-state index in [1.54, 1.807) is 0 Å². The van der Waals surface area contributed by atoms with Crippen molar-refractivity contribution in [1.29, 1.82) is 0 Å². The van der Waals surface area contributed by atoms with Crippen LogP contribution in [0.5, 0.6) is 0 Å². The number of nitrogens with one attached hydrogen (secondary N) is 2. The molecule has 1 fully saturated rings. The number of rotatable bonds is 4. The minimum Gasteiger partial charge on any atom is -0.348 e. The molecule has 0 radical (unpaired) electrons. The fourth-order valence-corrected chi connectivity index (χ4v) is 3.78. The van der Waals surface area contributed by atoms with Crippen molar-refractivity contribution >= 4 is 12.0 Å². The Kier molecular flexibility index (Phi) is 3.63. The first kappa shape index (κ1) is 15.9. The number of hydrogen-bond acceptors (Lipinski definition) is 4. The van der Waals surface area contributed by atoms with Gasteiger partial charge in [0.25, 0.3) is 5.91 Å². The standard InChI is InChI=1S/C21H19N5O/c27-20(24-16-1-2-16)19-17-3-8-21(13-18(17)25-26-19,14-4-9-22-10-5-14)15-6-11-23-12-7-15/h3-12,16H,1-2,13H2,(H,24,27)(H,25,26). The zero-order valence-corrected chi connectivity index (χ0v) is 14.7. The molecule has 27 heavy (non-hydrogen) atoms. The van der Waals surface area contributed by atoms with Gasteiger partial charge >= 0.3 is 0 Å². The first-order chi connectivity index (χ1) is 13.3. The Balaban J connectivity index is 1.58. The lowest BCUT2D eigenvalue weighted by Gasteiger charge is -2.34. The van der Waals surface area contributed by atoms with Gasteiger partial charge in [-0.2, -0.15) is 5.10 Å². The fourth-order valence-electron chi connectivity index (χ4n) is 3.78. The second-order valence-corrected chi connectivity index (χ2v) is 7.17. The van der Waals surface area contributed by atoms with E-state index in [1.165, 1.54) is 0 Å². The Morgan fingerprint density at radius 1 is 1.04 bits per heavy atom. The van der Waals surface area contributed by atoms with E-state index in [0.29, 0.717) is 18.2 Å². The van der Waals surface area contributed by atoms with Gasteiger partial charge in [-0.25, -0.2) is 0 Å². The summed E-state index contributed by atoms with van der Waals surface area (Å²) in [4.78, 5) is 20.8. The molecule has 0 aliphatic heterocycles. The Hall–Kier alpha value is -3.28.